The van der Waals surface area contributed by atoms with Crippen LogP contribution in [0.25, 0.3) is 0 Å². The maximum Gasteiger partial charge on any atom is 0.255 e. The van der Waals surface area contributed by atoms with Crippen LogP contribution in [-0.4, -0.2) is 35.9 Å². The molecule has 0 aliphatic rings. The molecule has 23 heavy (non-hydrogen) atoms. The second kappa shape index (κ2) is 6.05. The summed E-state index contributed by atoms with van der Waals surface area (Å²) in [5, 5.41) is 30.7. The van der Waals surface area contributed by atoms with Gasteiger partial charge in [0.15, 0.2) is 11.5 Å². The van der Waals surface area contributed by atoms with E-state index in [-0.39, 0.29) is 28.4 Å². The lowest BCUT2D eigenvalue weighted by molar-refractivity contribution is 0.102. The van der Waals surface area contributed by atoms with E-state index in [1.807, 2.05) is 0 Å². The van der Waals surface area contributed by atoms with Crippen LogP contribution < -0.4 is 10.0 Å². The second-order valence-electron chi connectivity index (χ2n) is 4.76. The summed E-state index contributed by atoms with van der Waals surface area (Å²) < 4.78 is 24.5. The zero-order valence-corrected chi connectivity index (χ0v) is 12.8. The first-order chi connectivity index (χ1) is 10.7. The van der Waals surface area contributed by atoms with Crippen LogP contribution in [0, 0.1) is 0 Å². The summed E-state index contributed by atoms with van der Waals surface area (Å²) in [5.74, 6) is -1.68. The molecule has 5 N–H and O–H groups in total. The first-order valence-electron chi connectivity index (χ1n) is 6.30. The summed E-state index contributed by atoms with van der Waals surface area (Å²) in [5.41, 5.74) is 0.233. The number of sulfonamides is 1. The molecule has 0 aromatic heterocycles. The Bertz CT molecular complexity index is 864. The van der Waals surface area contributed by atoms with E-state index in [0.717, 1.165) is 18.4 Å². The fraction of sp³-hybridized carbons (Fsp3) is 0.0714. The standard InChI is InChI=1S/C14H14N2O6S/c1-23(21,22)16-10-7-9(3-5-11(10)17)15-14(20)8-2-4-12(18)13(19)6-8/h2-7,16-19H,1H3,(H,15,20). The first-order valence-corrected chi connectivity index (χ1v) is 8.19. The van der Waals surface area contributed by atoms with Gasteiger partial charge in [0, 0.05) is 11.3 Å². The summed E-state index contributed by atoms with van der Waals surface area (Å²) in [6.07, 6.45) is 0.927. The van der Waals surface area contributed by atoms with Crippen molar-refractivity contribution in [3.05, 3.63) is 42.0 Å². The van der Waals surface area contributed by atoms with Crippen molar-refractivity contribution in [2.24, 2.45) is 0 Å². The first kappa shape index (κ1) is 16.4. The highest BCUT2D eigenvalue weighted by atomic mass is 32.2. The molecular weight excluding hydrogens is 324 g/mol. The largest absolute Gasteiger partial charge is 0.506 e. The zero-order chi connectivity index (χ0) is 17.2. The van der Waals surface area contributed by atoms with E-state index in [1.165, 1.54) is 24.3 Å². The number of phenols is 3. The number of carbonyl (C=O) groups is 1. The molecule has 9 heteroatoms. The zero-order valence-electron chi connectivity index (χ0n) is 11.9. The number of rotatable bonds is 4. The van der Waals surface area contributed by atoms with Crippen LogP contribution in [0.15, 0.2) is 36.4 Å². The second-order valence-corrected chi connectivity index (χ2v) is 6.51. The molecule has 0 aliphatic heterocycles. The van der Waals surface area contributed by atoms with Gasteiger partial charge in [-0.2, -0.15) is 0 Å². The summed E-state index contributed by atoms with van der Waals surface area (Å²) in [4.78, 5) is 12.1. The molecule has 2 aromatic rings. The van der Waals surface area contributed by atoms with Crippen molar-refractivity contribution in [1.82, 2.24) is 0 Å². The third-order valence-corrected chi connectivity index (χ3v) is 3.38. The lowest BCUT2D eigenvalue weighted by Gasteiger charge is -2.10. The normalized spacial score (nSPS) is 11.0. The number of benzene rings is 2. The Balaban J connectivity index is 2.24. The predicted molar refractivity (Wildman–Crippen MR) is 84.3 cm³/mol. The smallest absolute Gasteiger partial charge is 0.255 e. The van der Waals surface area contributed by atoms with Gasteiger partial charge in [0.05, 0.1) is 11.9 Å². The Kier molecular flexibility index (Phi) is 4.32. The number of hydrogen-bond donors (Lipinski definition) is 5. The average molecular weight is 338 g/mol. The van der Waals surface area contributed by atoms with E-state index < -0.39 is 21.7 Å². The topological polar surface area (TPSA) is 136 Å². The average Bonchev–Trinajstić information content (AvgIpc) is 2.44. The van der Waals surface area contributed by atoms with Gasteiger partial charge in [0.1, 0.15) is 5.75 Å². The monoisotopic (exact) mass is 338 g/mol. The van der Waals surface area contributed by atoms with Gasteiger partial charge >= 0.3 is 0 Å². The minimum absolute atomic E-state index is 0.0844. The van der Waals surface area contributed by atoms with Crippen LogP contribution in [0.5, 0.6) is 17.2 Å². The SMILES string of the molecule is CS(=O)(=O)Nc1cc(NC(=O)c2ccc(O)c(O)c2)ccc1O. The molecule has 0 saturated heterocycles. The Morgan fingerprint density at radius 3 is 2.22 bits per heavy atom. The van der Waals surface area contributed by atoms with E-state index in [9.17, 15) is 28.5 Å². The molecule has 0 heterocycles. The van der Waals surface area contributed by atoms with Gasteiger partial charge in [0.2, 0.25) is 10.0 Å². The summed E-state index contributed by atoms with van der Waals surface area (Å²) in [6, 6.07) is 7.39. The Hall–Kier alpha value is -2.94. The molecule has 0 radical (unpaired) electrons. The van der Waals surface area contributed by atoms with E-state index in [4.69, 9.17) is 0 Å². The van der Waals surface area contributed by atoms with Crippen LogP contribution in [0.2, 0.25) is 0 Å². The minimum Gasteiger partial charge on any atom is -0.506 e. The summed E-state index contributed by atoms with van der Waals surface area (Å²) >= 11 is 0. The summed E-state index contributed by atoms with van der Waals surface area (Å²) in [7, 11) is -3.59. The van der Waals surface area contributed by atoms with Crippen LogP contribution in [0.3, 0.4) is 0 Å². The molecule has 8 nitrogen and oxygen atoms in total. The number of carbonyl (C=O) groups excluding carboxylic acids is 1. The number of aromatic hydroxyl groups is 3. The third-order valence-electron chi connectivity index (χ3n) is 2.79. The number of nitrogens with one attached hydrogen (secondary N) is 2. The van der Waals surface area contributed by atoms with Crippen molar-refractivity contribution in [3.8, 4) is 17.2 Å². The van der Waals surface area contributed by atoms with E-state index >= 15 is 0 Å². The Morgan fingerprint density at radius 1 is 0.957 bits per heavy atom. The number of amides is 1. The Morgan fingerprint density at radius 2 is 1.61 bits per heavy atom. The third kappa shape index (κ3) is 4.27. The molecule has 0 unspecified atom stereocenters. The molecule has 0 spiro atoms. The van der Waals surface area contributed by atoms with E-state index in [0.29, 0.717) is 0 Å². The molecule has 1 amide bonds. The molecule has 122 valence electrons. The van der Waals surface area contributed by atoms with Gasteiger partial charge in [-0.15, -0.1) is 0 Å². The maximum atomic E-state index is 12.1. The molecular formula is C14H14N2O6S. The quantitative estimate of drug-likeness (QED) is 0.422. The van der Waals surface area contributed by atoms with Gasteiger partial charge in [-0.05, 0) is 36.4 Å². The highest BCUT2D eigenvalue weighted by Gasteiger charge is 2.12. The lowest BCUT2D eigenvalue weighted by atomic mass is 10.2. The van der Waals surface area contributed by atoms with Gasteiger partial charge in [-0.1, -0.05) is 0 Å². The van der Waals surface area contributed by atoms with E-state index in [2.05, 4.69) is 10.0 Å². The van der Waals surface area contributed by atoms with Crippen molar-refractivity contribution in [3.63, 3.8) is 0 Å². The van der Waals surface area contributed by atoms with Gasteiger partial charge in [-0.3, -0.25) is 9.52 Å². The molecule has 0 fully saturated rings. The molecule has 0 atom stereocenters. The number of phenolic OH excluding ortho intramolecular Hbond substituents is 3. The molecule has 0 saturated carbocycles. The summed E-state index contributed by atoms with van der Waals surface area (Å²) in [6.45, 7) is 0. The maximum absolute atomic E-state index is 12.1. The van der Waals surface area contributed by atoms with Crippen LogP contribution >= 0.6 is 0 Å². The van der Waals surface area contributed by atoms with Crippen LogP contribution in [0.1, 0.15) is 10.4 Å². The lowest BCUT2D eigenvalue weighted by Crippen LogP contribution is -2.13. The van der Waals surface area contributed by atoms with Gasteiger partial charge in [0.25, 0.3) is 5.91 Å². The Labute approximate surface area is 132 Å². The molecule has 2 aromatic carbocycles. The highest BCUT2D eigenvalue weighted by Crippen LogP contribution is 2.28. The fourth-order valence-corrected chi connectivity index (χ4v) is 2.33. The van der Waals surface area contributed by atoms with Crippen LogP contribution in [-0.2, 0) is 10.0 Å². The number of hydrogen-bond acceptors (Lipinski definition) is 6. The van der Waals surface area contributed by atoms with Crippen molar-refractivity contribution in [1.29, 1.82) is 0 Å². The van der Waals surface area contributed by atoms with Crippen molar-refractivity contribution in [2.45, 2.75) is 0 Å². The molecule has 0 bridgehead atoms. The highest BCUT2D eigenvalue weighted by molar-refractivity contribution is 7.92. The van der Waals surface area contributed by atoms with Gasteiger partial charge < -0.3 is 20.6 Å². The number of anilines is 2. The van der Waals surface area contributed by atoms with Crippen molar-refractivity contribution < 1.29 is 28.5 Å². The molecule has 0 aliphatic carbocycles. The minimum atomic E-state index is -3.59. The fourth-order valence-electron chi connectivity index (χ4n) is 1.76. The van der Waals surface area contributed by atoms with Crippen molar-refractivity contribution in [2.75, 3.05) is 16.3 Å². The molecule has 2 rings (SSSR count). The van der Waals surface area contributed by atoms with E-state index in [1.54, 1.807) is 0 Å². The predicted octanol–water partition coefficient (Wildman–Crippen LogP) is 1.43. The van der Waals surface area contributed by atoms with Gasteiger partial charge in [-0.25, -0.2) is 8.42 Å². The van der Waals surface area contributed by atoms with Crippen LogP contribution in [0.4, 0.5) is 11.4 Å². The van der Waals surface area contributed by atoms with Crippen molar-refractivity contribution >= 4 is 27.3 Å².